The summed E-state index contributed by atoms with van der Waals surface area (Å²) >= 11 is 5.94. The maximum Gasteiger partial charge on any atom is 0.129 e. The number of benzene rings is 1. The highest BCUT2D eigenvalue weighted by Crippen LogP contribution is 2.18. The van der Waals surface area contributed by atoms with Crippen LogP contribution < -0.4 is 5.32 Å². The summed E-state index contributed by atoms with van der Waals surface area (Å²) in [6.45, 7) is 2.98. The van der Waals surface area contributed by atoms with Gasteiger partial charge in [0.2, 0.25) is 0 Å². The Balaban J connectivity index is 1.94. The van der Waals surface area contributed by atoms with Crippen molar-refractivity contribution >= 4 is 11.6 Å². The van der Waals surface area contributed by atoms with Gasteiger partial charge in [0.05, 0.1) is 0 Å². The minimum absolute atomic E-state index is 0.281. The van der Waals surface area contributed by atoms with Crippen molar-refractivity contribution in [3.8, 4) is 0 Å². The molecule has 0 fully saturated rings. The predicted molar refractivity (Wildman–Crippen MR) is 70.9 cm³/mol. The molecule has 0 aliphatic carbocycles. The zero-order chi connectivity index (χ0) is 13.0. The third kappa shape index (κ3) is 3.28. The van der Waals surface area contributed by atoms with E-state index in [0.717, 1.165) is 11.3 Å². The lowest BCUT2D eigenvalue weighted by Gasteiger charge is -2.08. The van der Waals surface area contributed by atoms with Crippen LogP contribution in [0.1, 0.15) is 16.8 Å². The number of pyridine rings is 1. The Morgan fingerprint density at radius 2 is 2.06 bits per heavy atom. The van der Waals surface area contributed by atoms with Crippen molar-refractivity contribution in [1.82, 2.24) is 10.3 Å². The molecule has 0 amide bonds. The number of halogens is 2. The summed E-state index contributed by atoms with van der Waals surface area (Å²) in [5, 5.41) is 3.60. The number of nitrogens with one attached hydrogen (secondary N) is 1. The first-order valence-electron chi connectivity index (χ1n) is 5.72. The fraction of sp³-hybridized carbons (Fsp3) is 0.214. The second-order valence-corrected chi connectivity index (χ2v) is 4.52. The van der Waals surface area contributed by atoms with Gasteiger partial charge < -0.3 is 5.32 Å². The molecule has 0 aliphatic rings. The molecule has 4 heteroatoms. The summed E-state index contributed by atoms with van der Waals surface area (Å²) in [4.78, 5) is 4.20. The van der Waals surface area contributed by atoms with Crippen LogP contribution in [0.25, 0.3) is 0 Å². The minimum Gasteiger partial charge on any atom is -0.308 e. The third-order valence-electron chi connectivity index (χ3n) is 2.67. The molecule has 0 atom stereocenters. The third-order valence-corrected chi connectivity index (χ3v) is 3.02. The van der Waals surface area contributed by atoms with E-state index in [-0.39, 0.29) is 5.82 Å². The Morgan fingerprint density at radius 3 is 2.72 bits per heavy atom. The maximum atomic E-state index is 13.5. The molecule has 2 nitrogen and oxygen atoms in total. The van der Waals surface area contributed by atoms with Crippen LogP contribution in [0.4, 0.5) is 4.39 Å². The van der Waals surface area contributed by atoms with Gasteiger partial charge in [-0.2, -0.15) is 0 Å². The van der Waals surface area contributed by atoms with Crippen molar-refractivity contribution in [3.63, 3.8) is 0 Å². The molecule has 2 rings (SSSR count). The van der Waals surface area contributed by atoms with Gasteiger partial charge in [-0.25, -0.2) is 4.39 Å². The smallest absolute Gasteiger partial charge is 0.129 e. The Labute approximate surface area is 111 Å². The largest absolute Gasteiger partial charge is 0.308 e. The molecule has 2 aromatic rings. The van der Waals surface area contributed by atoms with Crippen LogP contribution in [-0.4, -0.2) is 4.98 Å². The second kappa shape index (κ2) is 5.94. The zero-order valence-electron chi connectivity index (χ0n) is 10.1. The second-order valence-electron chi connectivity index (χ2n) is 4.11. The number of hydrogen-bond donors (Lipinski definition) is 1. The van der Waals surface area contributed by atoms with Crippen LogP contribution in [0, 0.1) is 12.7 Å². The Morgan fingerprint density at radius 1 is 1.22 bits per heavy atom. The van der Waals surface area contributed by atoms with Gasteiger partial charge in [-0.1, -0.05) is 23.7 Å². The van der Waals surface area contributed by atoms with Gasteiger partial charge in [0, 0.05) is 35.6 Å². The molecule has 0 saturated carbocycles. The number of nitrogens with zero attached hydrogens (tertiary/aromatic N) is 1. The molecule has 0 unspecified atom stereocenters. The van der Waals surface area contributed by atoms with Gasteiger partial charge in [-0.3, -0.25) is 4.98 Å². The number of aromatic nitrogens is 1. The summed E-state index contributed by atoms with van der Waals surface area (Å²) in [5.74, 6) is -0.281. The molecule has 1 N–H and O–H groups in total. The summed E-state index contributed by atoms with van der Waals surface area (Å²) < 4.78 is 13.5. The van der Waals surface area contributed by atoms with Crippen LogP contribution in [-0.2, 0) is 13.1 Å². The Bertz CT molecular complexity index is 506. The molecule has 0 aliphatic heterocycles. The van der Waals surface area contributed by atoms with Crippen molar-refractivity contribution in [2.24, 2.45) is 0 Å². The average molecular weight is 265 g/mol. The van der Waals surface area contributed by atoms with Crippen LogP contribution in [0.2, 0.25) is 5.02 Å². The summed E-state index contributed by atoms with van der Waals surface area (Å²) in [7, 11) is 0. The molecule has 0 saturated heterocycles. The summed E-state index contributed by atoms with van der Waals surface area (Å²) in [5.41, 5.74) is 2.54. The SMILES string of the molecule is Cc1ccc(CNCc2c(F)cccc2Cl)cn1. The van der Waals surface area contributed by atoms with Crippen molar-refractivity contribution in [1.29, 1.82) is 0 Å². The zero-order valence-corrected chi connectivity index (χ0v) is 10.8. The lowest BCUT2D eigenvalue weighted by molar-refractivity contribution is 0.588. The molecule has 1 heterocycles. The highest BCUT2D eigenvalue weighted by Gasteiger charge is 2.05. The van der Waals surface area contributed by atoms with Gasteiger partial charge in [0.25, 0.3) is 0 Å². The number of rotatable bonds is 4. The topological polar surface area (TPSA) is 24.9 Å². The first kappa shape index (κ1) is 13.0. The van der Waals surface area contributed by atoms with E-state index in [0.29, 0.717) is 23.7 Å². The van der Waals surface area contributed by atoms with Gasteiger partial charge in [-0.05, 0) is 30.7 Å². The maximum absolute atomic E-state index is 13.5. The van der Waals surface area contributed by atoms with Gasteiger partial charge in [0.15, 0.2) is 0 Å². The number of hydrogen-bond acceptors (Lipinski definition) is 2. The van der Waals surface area contributed by atoms with E-state index in [1.165, 1.54) is 6.07 Å². The lowest BCUT2D eigenvalue weighted by Crippen LogP contribution is -2.14. The highest BCUT2D eigenvalue weighted by molar-refractivity contribution is 6.31. The Hall–Kier alpha value is -1.45. The van der Waals surface area contributed by atoms with E-state index in [2.05, 4.69) is 10.3 Å². The van der Waals surface area contributed by atoms with Crippen molar-refractivity contribution in [2.75, 3.05) is 0 Å². The highest BCUT2D eigenvalue weighted by atomic mass is 35.5. The van der Waals surface area contributed by atoms with E-state index < -0.39 is 0 Å². The van der Waals surface area contributed by atoms with Gasteiger partial charge >= 0.3 is 0 Å². The van der Waals surface area contributed by atoms with Crippen molar-refractivity contribution in [2.45, 2.75) is 20.0 Å². The molecular weight excluding hydrogens is 251 g/mol. The molecule has 0 radical (unpaired) electrons. The summed E-state index contributed by atoms with van der Waals surface area (Å²) in [6, 6.07) is 8.65. The molecule has 1 aromatic carbocycles. The minimum atomic E-state index is -0.281. The van der Waals surface area contributed by atoms with E-state index in [1.807, 2.05) is 25.3 Å². The summed E-state index contributed by atoms with van der Waals surface area (Å²) in [6.07, 6.45) is 1.81. The van der Waals surface area contributed by atoms with Gasteiger partial charge in [-0.15, -0.1) is 0 Å². The Kier molecular flexibility index (Phi) is 4.28. The molecule has 1 aromatic heterocycles. The van der Waals surface area contributed by atoms with E-state index in [1.54, 1.807) is 12.1 Å². The fourth-order valence-electron chi connectivity index (χ4n) is 1.64. The molecule has 18 heavy (non-hydrogen) atoms. The monoisotopic (exact) mass is 264 g/mol. The fourth-order valence-corrected chi connectivity index (χ4v) is 1.87. The molecule has 94 valence electrons. The molecule has 0 bridgehead atoms. The van der Waals surface area contributed by atoms with Crippen LogP contribution in [0.5, 0.6) is 0 Å². The van der Waals surface area contributed by atoms with E-state index in [9.17, 15) is 4.39 Å². The van der Waals surface area contributed by atoms with Crippen LogP contribution in [0.15, 0.2) is 36.5 Å². The van der Waals surface area contributed by atoms with E-state index >= 15 is 0 Å². The van der Waals surface area contributed by atoms with Crippen molar-refractivity contribution < 1.29 is 4.39 Å². The quantitative estimate of drug-likeness (QED) is 0.915. The predicted octanol–water partition coefficient (Wildman–Crippen LogP) is 3.47. The average Bonchev–Trinajstić information content (AvgIpc) is 2.35. The molecule has 0 spiro atoms. The van der Waals surface area contributed by atoms with Gasteiger partial charge in [0.1, 0.15) is 5.82 Å². The van der Waals surface area contributed by atoms with Crippen molar-refractivity contribution in [3.05, 3.63) is 64.2 Å². The first-order chi connectivity index (χ1) is 8.66. The lowest BCUT2D eigenvalue weighted by atomic mass is 10.2. The normalized spacial score (nSPS) is 10.6. The van der Waals surface area contributed by atoms with E-state index in [4.69, 9.17) is 11.6 Å². The van der Waals surface area contributed by atoms with Crippen LogP contribution >= 0.6 is 11.6 Å². The molecular formula is C14H14ClFN2. The first-order valence-corrected chi connectivity index (χ1v) is 6.10. The standard InChI is InChI=1S/C14H14ClFN2/c1-10-5-6-11(8-18-10)7-17-9-12-13(15)3-2-4-14(12)16/h2-6,8,17H,7,9H2,1H3. The number of aryl methyl sites for hydroxylation is 1. The van der Waals surface area contributed by atoms with Crippen LogP contribution in [0.3, 0.4) is 0 Å².